The molecule has 25 heavy (non-hydrogen) atoms. The number of benzene rings is 2. The van der Waals surface area contributed by atoms with E-state index < -0.39 is 0 Å². The number of methoxy groups -OCH3 is 1. The van der Waals surface area contributed by atoms with E-state index in [2.05, 4.69) is 5.16 Å². The Labute approximate surface area is 150 Å². The number of nitrogens with zero attached hydrogens (tertiary/aromatic N) is 1. The molecule has 0 spiro atoms. The monoisotopic (exact) mass is 357 g/mol. The molecule has 0 atom stereocenters. The maximum Gasteiger partial charge on any atom is 0.310 e. The van der Waals surface area contributed by atoms with Crippen molar-refractivity contribution in [3.05, 3.63) is 70.9 Å². The molecule has 3 aromatic rings. The SMILES string of the molecule is COc1ccc(-c2cc(COC(=O)Cc3ccc(Cl)cc3)no2)cc1. The Kier molecular flexibility index (Phi) is 5.36. The molecule has 2 aromatic carbocycles. The molecule has 128 valence electrons. The summed E-state index contributed by atoms with van der Waals surface area (Å²) >= 11 is 5.82. The van der Waals surface area contributed by atoms with Gasteiger partial charge in [-0.25, -0.2) is 0 Å². The standard InChI is InChI=1S/C19H16ClNO4/c1-23-17-8-4-14(5-9-17)18-11-16(21-25-18)12-24-19(22)10-13-2-6-15(20)7-3-13/h2-9,11H,10,12H2,1H3. The highest BCUT2D eigenvalue weighted by Crippen LogP contribution is 2.23. The average Bonchev–Trinajstić information content (AvgIpc) is 3.11. The minimum atomic E-state index is -0.337. The second-order valence-corrected chi connectivity index (χ2v) is 5.81. The van der Waals surface area contributed by atoms with E-state index >= 15 is 0 Å². The summed E-state index contributed by atoms with van der Waals surface area (Å²) in [7, 11) is 1.61. The van der Waals surface area contributed by atoms with Crippen molar-refractivity contribution in [3.8, 4) is 17.1 Å². The van der Waals surface area contributed by atoms with E-state index in [0.29, 0.717) is 16.5 Å². The van der Waals surface area contributed by atoms with Crippen LogP contribution in [0.3, 0.4) is 0 Å². The molecule has 0 aliphatic heterocycles. The molecule has 0 aliphatic carbocycles. The molecule has 6 heteroatoms. The van der Waals surface area contributed by atoms with E-state index in [0.717, 1.165) is 16.9 Å². The summed E-state index contributed by atoms with van der Waals surface area (Å²) in [5, 5.41) is 4.56. The summed E-state index contributed by atoms with van der Waals surface area (Å²) in [6, 6.07) is 16.2. The number of halogens is 1. The lowest BCUT2D eigenvalue weighted by atomic mass is 10.1. The van der Waals surface area contributed by atoms with Crippen LogP contribution >= 0.6 is 11.6 Å². The molecule has 5 nitrogen and oxygen atoms in total. The maximum absolute atomic E-state index is 11.9. The van der Waals surface area contributed by atoms with Gasteiger partial charge in [-0.1, -0.05) is 28.9 Å². The summed E-state index contributed by atoms with van der Waals surface area (Å²) in [6.07, 6.45) is 0.181. The number of aromatic nitrogens is 1. The van der Waals surface area contributed by atoms with Crippen LogP contribution in [0, 0.1) is 0 Å². The Morgan fingerprint density at radius 1 is 1.12 bits per heavy atom. The zero-order chi connectivity index (χ0) is 17.6. The van der Waals surface area contributed by atoms with Gasteiger partial charge >= 0.3 is 5.97 Å². The Bertz CT molecular complexity index is 841. The smallest absolute Gasteiger partial charge is 0.310 e. The van der Waals surface area contributed by atoms with Crippen LogP contribution in [-0.2, 0) is 22.6 Å². The molecular weight excluding hydrogens is 342 g/mol. The zero-order valence-electron chi connectivity index (χ0n) is 13.6. The third-order valence-electron chi connectivity index (χ3n) is 3.58. The van der Waals surface area contributed by atoms with Gasteiger partial charge in [0.05, 0.1) is 13.5 Å². The van der Waals surface area contributed by atoms with E-state index in [1.165, 1.54) is 0 Å². The molecule has 0 N–H and O–H groups in total. The lowest BCUT2D eigenvalue weighted by molar-refractivity contribution is -0.144. The van der Waals surface area contributed by atoms with Gasteiger partial charge in [-0.05, 0) is 42.0 Å². The van der Waals surface area contributed by atoms with Crippen LogP contribution in [0.15, 0.2) is 59.1 Å². The minimum Gasteiger partial charge on any atom is -0.497 e. The van der Waals surface area contributed by atoms with Crippen molar-refractivity contribution in [1.82, 2.24) is 5.16 Å². The van der Waals surface area contributed by atoms with Crippen LogP contribution in [0.5, 0.6) is 5.75 Å². The average molecular weight is 358 g/mol. The highest BCUT2D eigenvalue weighted by molar-refractivity contribution is 6.30. The third kappa shape index (κ3) is 4.61. The molecule has 0 radical (unpaired) electrons. The van der Waals surface area contributed by atoms with Crippen LogP contribution in [0.2, 0.25) is 5.02 Å². The molecule has 1 heterocycles. The van der Waals surface area contributed by atoms with Crippen LogP contribution < -0.4 is 4.74 Å². The molecular formula is C19H16ClNO4. The highest BCUT2D eigenvalue weighted by atomic mass is 35.5. The van der Waals surface area contributed by atoms with Gasteiger partial charge in [0, 0.05) is 16.7 Å². The van der Waals surface area contributed by atoms with Gasteiger partial charge in [-0.2, -0.15) is 0 Å². The van der Waals surface area contributed by atoms with Gasteiger partial charge in [0.25, 0.3) is 0 Å². The van der Waals surface area contributed by atoms with Gasteiger partial charge in [0.15, 0.2) is 5.76 Å². The van der Waals surface area contributed by atoms with Crippen molar-refractivity contribution in [3.63, 3.8) is 0 Å². The number of hydrogen-bond acceptors (Lipinski definition) is 5. The number of esters is 1. The fourth-order valence-electron chi connectivity index (χ4n) is 2.25. The Hall–Kier alpha value is -2.79. The Morgan fingerprint density at radius 2 is 1.84 bits per heavy atom. The lowest BCUT2D eigenvalue weighted by Crippen LogP contribution is -2.08. The van der Waals surface area contributed by atoms with Gasteiger partial charge in [-0.3, -0.25) is 4.79 Å². The number of ether oxygens (including phenoxy) is 2. The summed E-state index contributed by atoms with van der Waals surface area (Å²) in [6.45, 7) is 0.0616. The van der Waals surface area contributed by atoms with E-state index in [1.807, 2.05) is 24.3 Å². The van der Waals surface area contributed by atoms with Gasteiger partial charge in [0.2, 0.25) is 0 Å². The zero-order valence-corrected chi connectivity index (χ0v) is 14.3. The largest absolute Gasteiger partial charge is 0.497 e. The van der Waals surface area contributed by atoms with E-state index in [-0.39, 0.29) is 19.0 Å². The molecule has 0 unspecified atom stereocenters. The number of carbonyl (C=O) groups is 1. The second-order valence-electron chi connectivity index (χ2n) is 5.37. The lowest BCUT2D eigenvalue weighted by Gasteiger charge is -2.02. The van der Waals surface area contributed by atoms with E-state index in [4.69, 9.17) is 25.6 Å². The van der Waals surface area contributed by atoms with Crippen molar-refractivity contribution in [2.75, 3.05) is 7.11 Å². The highest BCUT2D eigenvalue weighted by Gasteiger charge is 2.10. The molecule has 1 aromatic heterocycles. The topological polar surface area (TPSA) is 61.6 Å². The predicted octanol–water partition coefficient (Wildman–Crippen LogP) is 4.29. The van der Waals surface area contributed by atoms with Crippen LogP contribution in [-0.4, -0.2) is 18.2 Å². The van der Waals surface area contributed by atoms with E-state index in [9.17, 15) is 4.79 Å². The second kappa shape index (κ2) is 7.85. The Balaban J connectivity index is 1.55. The third-order valence-corrected chi connectivity index (χ3v) is 3.83. The van der Waals surface area contributed by atoms with Crippen molar-refractivity contribution < 1.29 is 18.8 Å². The van der Waals surface area contributed by atoms with Crippen LogP contribution in [0.25, 0.3) is 11.3 Å². The molecule has 0 aliphatic rings. The van der Waals surface area contributed by atoms with Gasteiger partial charge in [-0.15, -0.1) is 0 Å². The summed E-state index contributed by atoms with van der Waals surface area (Å²) in [5.41, 5.74) is 2.26. The normalized spacial score (nSPS) is 10.5. The van der Waals surface area contributed by atoms with Crippen molar-refractivity contribution in [1.29, 1.82) is 0 Å². The Morgan fingerprint density at radius 3 is 2.52 bits per heavy atom. The summed E-state index contributed by atoms with van der Waals surface area (Å²) < 4.78 is 15.6. The predicted molar refractivity (Wildman–Crippen MR) is 93.4 cm³/mol. The van der Waals surface area contributed by atoms with Gasteiger partial charge in [0.1, 0.15) is 18.1 Å². The molecule has 3 rings (SSSR count). The number of carbonyl (C=O) groups excluding carboxylic acids is 1. The summed E-state index contributed by atoms with van der Waals surface area (Å²) in [4.78, 5) is 11.9. The fraction of sp³-hybridized carbons (Fsp3) is 0.158. The first-order chi connectivity index (χ1) is 12.1. The van der Waals surface area contributed by atoms with Crippen molar-refractivity contribution in [2.24, 2.45) is 0 Å². The number of hydrogen-bond donors (Lipinski definition) is 0. The first-order valence-corrected chi connectivity index (χ1v) is 8.02. The quantitative estimate of drug-likeness (QED) is 0.616. The maximum atomic E-state index is 11.9. The fourth-order valence-corrected chi connectivity index (χ4v) is 2.37. The minimum absolute atomic E-state index is 0.0616. The van der Waals surface area contributed by atoms with Crippen molar-refractivity contribution in [2.45, 2.75) is 13.0 Å². The van der Waals surface area contributed by atoms with E-state index in [1.54, 1.807) is 37.4 Å². The van der Waals surface area contributed by atoms with Crippen molar-refractivity contribution >= 4 is 17.6 Å². The number of rotatable bonds is 6. The summed E-state index contributed by atoms with van der Waals surface area (Å²) in [5.74, 6) is 1.03. The van der Waals surface area contributed by atoms with Crippen LogP contribution in [0.4, 0.5) is 0 Å². The molecule has 0 bridgehead atoms. The molecule has 0 saturated heterocycles. The first kappa shape index (κ1) is 17.0. The van der Waals surface area contributed by atoms with Crippen LogP contribution in [0.1, 0.15) is 11.3 Å². The molecule has 0 fully saturated rings. The molecule has 0 amide bonds. The molecule has 0 saturated carbocycles. The first-order valence-electron chi connectivity index (χ1n) is 7.64. The van der Waals surface area contributed by atoms with Gasteiger partial charge < -0.3 is 14.0 Å².